The van der Waals surface area contributed by atoms with Crippen LogP contribution in [0.5, 0.6) is 0 Å². The molecule has 6 nitrogen and oxygen atoms in total. The van der Waals surface area contributed by atoms with E-state index in [0.717, 1.165) is 30.6 Å². The maximum absolute atomic E-state index is 14.8. The summed E-state index contributed by atoms with van der Waals surface area (Å²) in [5.74, 6) is 0.00694. The van der Waals surface area contributed by atoms with Crippen LogP contribution in [0, 0.1) is 15.9 Å². The van der Waals surface area contributed by atoms with Gasteiger partial charge in [-0.3, -0.25) is 15.5 Å². The first-order chi connectivity index (χ1) is 13.7. The number of halogens is 1. The maximum Gasteiger partial charge on any atom is 0.269 e. The Balaban J connectivity index is 1.83. The standard InChI is InChI=1S/C22H27FN4O2/c1-5-10-26-21-12-20(23)16(11-19(21)15(2)13-22(26,3)4)14-24-25-17-6-8-18(9-7-17)27(28)29/h6-9,11-12,14-15,25H,5,10,13H2,1-4H3/b24-14-. The monoisotopic (exact) mass is 398 g/mol. The van der Waals surface area contributed by atoms with E-state index in [2.05, 4.69) is 43.1 Å². The topological polar surface area (TPSA) is 70.8 Å². The van der Waals surface area contributed by atoms with Crippen LogP contribution in [0.3, 0.4) is 0 Å². The second-order valence-electron chi connectivity index (χ2n) is 8.18. The molecule has 0 saturated carbocycles. The molecule has 7 heteroatoms. The Kier molecular flexibility index (Phi) is 5.86. The number of non-ortho nitro benzene ring substituents is 1. The molecule has 29 heavy (non-hydrogen) atoms. The number of nitrogens with zero attached hydrogens (tertiary/aromatic N) is 3. The summed E-state index contributed by atoms with van der Waals surface area (Å²) in [7, 11) is 0. The van der Waals surface area contributed by atoms with Crippen LogP contribution < -0.4 is 10.3 Å². The van der Waals surface area contributed by atoms with Gasteiger partial charge >= 0.3 is 0 Å². The van der Waals surface area contributed by atoms with Gasteiger partial charge in [-0.05, 0) is 62.4 Å². The molecule has 0 bridgehead atoms. The lowest BCUT2D eigenvalue weighted by Crippen LogP contribution is -2.48. The number of nitro groups is 1. The van der Waals surface area contributed by atoms with Crippen LogP contribution in [0.4, 0.5) is 21.5 Å². The lowest BCUT2D eigenvalue weighted by atomic mass is 9.79. The number of nitrogens with one attached hydrogen (secondary N) is 1. The van der Waals surface area contributed by atoms with Crippen molar-refractivity contribution in [2.75, 3.05) is 16.9 Å². The summed E-state index contributed by atoms with van der Waals surface area (Å²) in [4.78, 5) is 12.6. The lowest BCUT2D eigenvalue weighted by Gasteiger charge is -2.47. The molecule has 0 fully saturated rings. The third kappa shape index (κ3) is 4.39. The van der Waals surface area contributed by atoms with Gasteiger partial charge in [0.15, 0.2) is 0 Å². The van der Waals surface area contributed by atoms with Gasteiger partial charge in [-0.15, -0.1) is 0 Å². The molecule has 154 valence electrons. The highest BCUT2D eigenvalue weighted by Crippen LogP contribution is 2.44. The second-order valence-corrected chi connectivity index (χ2v) is 8.18. The second kappa shape index (κ2) is 8.19. The minimum atomic E-state index is -0.459. The number of hydrogen-bond acceptors (Lipinski definition) is 5. The first-order valence-electron chi connectivity index (χ1n) is 9.87. The molecule has 2 aromatic rings. The number of hydrazone groups is 1. The van der Waals surface area contributed by atoms with E-state index in [1.54, 1.807) is 18.2 Å². The van der Waals surface area contributed by atoms with Crippen molar-refractivity contribution in [2.45, 2.75) is 52.0 Å². The first-order valence-corrected chi connectivity index (χ1v) is 9.87. The van der Waals surface area contributed by atoms with Crippen LogP contribution in [0.25, 0.3) is 0 Å². The van der Waals surface area contributed by atoms with Crippen LogP contribution in [0.2, 0.25) is 0 Å². The SMILES string of the molecule is CCCN1c2cc(F)c(/C=N\Nc3ccc([N+](=O)[O-])cc3)cc2C(C)CC1(C)C. The smallest absolute Gasteiger partial charge is 0.269 e. The fourth-order valence-electron chi connectivity index (χ4n) is 4.10. The zero-order valence-electron chi connectivity index (χ0n) is 17.3. The van der Waals surface area contributed by atoms with Crippen molar-refractivity contribution in [3.8, 4) is 0 Å². The number of nitro benzene ring substituents is 1. The zero-order valence-corrected chi connectivity index (χ0v) is 17.3. The Morgan fingerprint density at radius 2 is 2.03 bits per heavy atom. The van der Waals surface area contributed by atoms with Gasteiger partial charge in [-0.1, -0.05) is 13.8 Å². The molecule has 1 N–H and O–H groups in total. The Bertz CT molecular complexity index is 925. The minimum Gasteiger partial charge on any atom is -0.366 e. The maximum atomic E-state index is 14.8. The number of benzene rings is 2. The molecule has 1 aliphatic heterocycles. The van der Waals surface area contributed by atoms with Gasteiger partial charge in [-0.2, -0.15) is 5.10 Å². The molecular formula is C22H27FN4O2. The van der Waals surface area contributed by atoms with E-state index in [-0.39, 0.29) is 17.0 Å². The van der Waals surface area contributed by atoms with Gasteiger partial charge in [-0.25, -0.2) is 4.39 Å². The Labute approximate surface area is 170 Å². The van der Waals surface area contributed by atoms with E-state index in [1.165, 1.54) is 18.3 Å². The predicted octanol–water partition coefficient (Wildman–Crippen LogP) is 5.68. The molecule has 1 atom stereocenters. The van der Waals surface area contributed by atoms with E-state index in [9.17, 15) is 14.5 Å². The molecule has 0 amide bonds. The predicted molar refractivity (Wildman–Crippen MR) is 115 cm³/mol. The van der Waals surface area contributed by atoms with E-state index in [4.69, 9.17) is 0 Å². The fraction of sp³-hybridized carbons (Fsp3) is 0.409. The largest absolute Gasteiger partial charge is 0.366 e. The van der Waals surface area contributed by atoms with Crippen molar-refractivity contribution >= 4 is 23.3 Å². The summed E-state index contributed by atoms with van der Waals surface area (Å²) in [6.07, 6.45) is 3.46. The molecule has 3 rings (SSSR count). The quantitative estimate of drug-likeness (QED) is 0.386. The Hall–Kier alpha value is -2.96. The molecule has 1 aliphatic rings. The Morgan fingerprint density at radius 3 is 2.66 bits per heavy atom. The molecule has 0 saturated heterocycles. The number of hydrogen-bond donors (Lipinski definition) is 1. The van der Waals surface area contributed by atoms with Crippen molar-refractivity contribution in [2.24, 2.45) is 5.10 Å². The van der Waals surface area contributed by atoms with Crippen LogP contribution in [-0.2, 0) is 0 Å². The fourth-order valence-corrected chi connectivity index (χ4v) is 4.10. The summed E-state index contributed by atoms with van der Waals surface area (Å²) >= 11 is 0. The van der Waals surface area contributed by atoms with Crippen molar-refractivity contribution in [1.82, 2.24) is 0 Å². The van der Waals surface area contributed by atoms with E-state index in [1.807, 2.05) is 6.07 Å². The van der Waals surface area contributed by atoms with Crippen LogP contribution in [-0.4, -0.2) is 23.2 Å². The molecule has 0 aliphatic carbocycles. The molecule has 0 spiro atoms. The van der Waals surface area contributed by atoms with Crippen LogP contribution in [0.1, 0.15) is 57.6 Å². The van der Waals surface area contributed by atoms with Crippen molar-refractivity contribution < 1.29 is 9.31 Å². The number of anilines is 2. The summed E-state index contributed by atoms with van der Waals surface area (Å²) in [5, 5.41) is 14.8. The first kappa shape index (κ1) is 20.8. The zero-order chi connectivity index (χ0) is 21.2. The van der Waals surface area contributed by atoms with E-state index in [0.29, 0.717) is 17.2 Å². The molecule has 1 unspecified atom stereocenters. The number of fused-ring (bicyclic) bond motifs is 1. The van der Waals surface area contributed by atoms with Crippen molar-refractivity contribution in [3.63, 3.8) is 0 Å². The van der Waals surface area contributed by atoms with E-state index >= 15 is 0 Å². The van der Waals surface area contributed by atoms with Gasteiger partial charge in [0.2, 0.25) is 0 Å². The van der Waals surface area contributed by atoms with E-state index < -0.39 is 4.92 Å². The number of rotatable bonds is 6. The minimum absolute atomic E-state index is 0.00815. The summed E-state index contributed by atoms with van der Waals surface area (Å²) in [6, 6.07) is 9.41. The lowest BCUT2D eigenvalue weighted by molar-refractivity contribution is -0.384. The molecule has 0 radical (unpaired) electrons. The molecule has 2 aromatic carbocycles. The highest BCUT2D eigenvalue weighted by Gasteiger charge is 2.36. The van der Waals surface area contributed by atoms with Crippen molar-refractivity contribution in [1.29, 1.82) is 0 Å². The summed E-state index contributed by atoms with van der Waals surface area (Å²) in [6.45, 7) is 9.63. The van der Waals surface area contributed by atoms with Gasteiger partial charge in [0.05, 0.1) is 16.8 Å². The summed E-state index contributed by atoms with van der Waals surface area (Å²) < 4.78 is 14.8. The van der Waals surface area contributed by atoms with Gasteiger partial charge in [0, 0.05) is 35.5 Å². The third-order valence-electron chi connectivity index (χ3n) is 5.43. The van der Waals surface area contributed by atoms with Crippen LogP contribution >= 0.6 is 0 Å². The third-order valence-corrected chi connectivity index (χ3v) is 5.43. The highest BCUT2D eigenvalue weighted by molar-refractivity contribution is 5.83. The van der Waals surface area contributed by atoms with Crippen LogP contribution in [0.15, 0.2) is 41.5 Å². The van der Waals surface area contributed by atoms with Gasteiger partial charge in [0.25, 0.3) is 5.69 Å². The van der Waals surface area contributed by atoms with Gasteiger partial charge in [0.1, 0.15) is 5.82 Å². The molecular weight excluding hydrogens is 371 g/mol. The molecule has 1 heterocycles. The highest BCUT2D eigenvalue weighted by atomic mass is 19.1. The van der Waals surface area contributed by atoms with Crippen molar-refractivity contribution in [3.05, 3.63) is 63.5 Å². The van der Waals surface area contributed by atoms with Gasteiger partial charge < -0.3 is 4.90 Å². The summed E-state index contributed by atoms with van der Waals surface area (Å²) in [5.41, 5.74) is 5.90. The average Bonchev–Trinajstić information content (AvgIpc) is 2.66. The normalized spacial score (nSPS) is 18.0. The Morgan fingerprint density at radius 1 is 1.34 bits per heavy atom. The molecule has 0 aromatic heterocycles. The average molecular weight is 398 g/mol.